The molecule has 2 aromatic rings. The van der Waals surface area contributed by atoms with Crippen LogP contribution >= 0.6 is 0 Å². The standard InChI is InChI=1S/C21H25FN4O3/c1-13-2-3-19-16(8-13)20(22)18(12-29-19)23-21(27)17-9-15-10-25(5-6-26(15)24-17)14-4-7-28-11-14/h2-3,8-9,14,18,20H,4-7,10-12H2,1H3,(H,23,27). The fraction of sp³-hybridized carbons (Fsp3) is 0.524. The van der Waals surface area contributed by atoms with Crippen LogP contribution in [0.5, 0.6) is 5.75 Å². The van der Waals surface area contributed by atoms with E-state index in [9.17, 15) is 4.79 Å². The molecule has 1 aromatic heterocycles. The summed E-state index contributed by atoms with van der Waals surface area (Å²) in [6.07, 6.45) is -0.264. The van der Waals surface area contributed by atoms with Crippen molar-refractivity contribution >= 4 is 5.91 Å². The van der Waals surface area contributed by atoms with Crippen LogP contribution in [0, 0.1) is 6.92 Å². The second-order valence-electron chi connectivity index (χ2n) is 8.07. The van der Waals surface area contributed by atoms with Gasteiger partial charge in [0.2, 0.25) is 0 Å². The van der Waals surface area contributed by atoms with Gasteiger partial charge in [-0.05, 0) is 31.5 Å². The molecule has 0 spiro atoms. The summed E-state index contributed by atoms with van der Waals surface area (Å²) in [6, 6.07) is 6.95. The van der Waals surface area contributed by atoms with Crippen molar-refractivity contribution < 1.29 is 18.7 Å². The van der Waals surface area contributed by atoms with E-state index in [4.69, 9.17) is 9.47 Å². The van der Waals surface area contributed by atoms with E-state index in [-0.39, 0.29) is 12.5 Å². The Bertz CT molecular complexity index is 925. The monoisotopic (exact) mass is 400 g/mol. The highest BCUT2D eigenvalue weighted by molar-refractivity contribution is 5.92. The topological polar surface area (TPSA) is 68.6 Å². The summed E-state index contributed by atoms with van der Waals surface area (Å²) in [5.74, 6) is 0.178. The third-order valence-electron chi connectivity index (χ3n) is 6.03. The van der Waals surface area contributed by atoms with Crippen molar-refractivity contribution in [2.24, 2.45) is 0 Å². The number of carbonyl (C=O) groups excluding carboxylic acids is 1. The Morgan fingerprint density at radius 1 is 1.28 bits per heavy atom. The molecule has 1 amide bonds. The molecule has 1 fully saturated rings. The van der Waals surface area contributed by atoms with E-state index in [1.54, 1.807) is 12.1 Å². The second-order valence-corrected chi connectivity index (χ2v) is 8.07. The molecule has 7 nitrogen and oxygen atoms in total. The molecule has 1 saturated heterocycles. The number of aryl methyl sites for hydroxylation is 1. The summed E-state index contributed by atoms with van der Waals surface area (Å²) in [6.45, 7) is 5.97. The first-order valence-corrected chi connectivity index (χ1v) is 10.2. The molecule has 29 heavy (non-hydrogen) atoms. The molecular weight excluding hydrogens is 375 g/mol. The number of aromatic nitrogens is 2. The van der Waals surface area contributed by atoms with Crippen molar-refractivity contribution in [3.8, 4) is 5.75 Å². The Kier molecular flexibility index (Phi) is 4.75. The number of fused-ring (bicyclic) bond motifs is 2. The maximum absolute atomic E-state index is 15.0. The minimum atomic E-state index is -1.31. The molecule has 5 rings (SSSR count). The van der Waals surface area contributed by atoms with Gasteiger partial charge >= 0.3 is 0 Å². The summed E-state index contributed by atoms with van der Waals surface area (Å²) < 4.78 is 28.0. The molecule has 8 heteroatoms. The summed E-state index contributed by atoms with van der Waals surface area (Å²) in [4.78, 5) is 15.1. The number of nitrogens with one attached hydrogen (secondary N) is 1. The van der Waals surface area contributed by atoms with E-state index in [0.29, 0.717) is 23.0 Å². The van der Waals surface area contributed by atoms with E-state index in [1.807, 2.05) is 23.7 Å². The van der Waals surface area contributed by atoms with Crippen molar-refractivity contribution in [1.29, 1.82) is 0 Å². The number of alkyl halides is 1. The number of rotatable bonds is 3. The third kappa shape index (κ3) is 3.51. The second kappa shape index (κ2) is 7.42. The Labute approximate surface area is 168 Å². The first kappa shape index (κ1) is 18.6. The number of amides is 1. The highest BCUT2D eigenvalue weighted by Gasteiger charge is 2.34. The van der Waals surface area contributed by atoms with E-state index in [1.165, 1.54) is 0 Å². The molecule has 3 aliphatic rings. The van der Waals surface area contributed by atoms with E-state index < -0.39 is 12.2 Å². The lowest BCUT2D eigenvalue weighted by Gasteiger charge is -2.31. The fourth-order valence-corrected chi connectivity index (χ4v) is 4.37. The molecule has 1 aromatic carbocycles. The normalized spacial score (nSPS) is 26.5. The highest BCUT2D eigenvalue weighted by Crippen LogP contribution is 2.35. The number of carbonyl (C=O) groups is 1. The largest absolute Gasteiger partial charge is 0.491 e. The predicted octanol–water partition coefficient (Wildman–Crippen LogP) is 2.00. The minimum Gasteiger partial charge on any atom is -0.491 e. The zero-order valence-corrected chi connectivity index (χ0v) is 16.4. The van der Waals surface area contributed by atoms with Crippen LogP contribution in [-0.4, -0.2) is 59.0 Å². The summed E-state index contributed by atoms with van der Waals surface area (Å²) in [5, 5.41) is 7.22. The number of benzene rings is 1. The zero-order chi connectivity index (χ0) is 20.0. The van der Waals surface area contributed by atoms with Crippen LogP contribution in [0.25, 0.3) is 0 Å². The van der Waals surface area contributed by atoms with E-state index >= 15 is 4.39 Å². The van der Waals surface area contributed by atoms with Gasteiger partial charge in [0.15, 0.2) is 11.9 Å². The average Bonchev–Trinajstić information content (AvgIpc) is 3.39. The van der Waals surface area contributed by atoms with Gasteiger partial charge in [-0.1, -0.05) is 11.6 Å². The van der Waals surface area contributed by atoms with Crippen LogP contribution in [0.1, 0.15) is 39.9 Å². The lowest BCUT2D eigenvalue weighted by molar-refractivity contribution is 0.0838. The van der Waals surface area contributed by atoms with Crippen molar-refractivity contribution in [2.75, 3.05) is 26.4 Å². The summed E-state index contributed by atoms with van der Waals surface area (Å²) in [7, 11) is 0. The Balaban J connectivity index is 1.27. The number of nitrogens with zero attached hydrogens (tertiary/aromatic N) is 3. The van der Waals surface area contributed by atoms with Crippen LogP contribution in [0.2, 0.25) is 0 Å². The maximum atomic E-state index is 15.0. The quantitative estimate of drug-likeness (QED) is 0.854. The van der Waals surface area contributed by atoms with Gasteiger partial charge in [0, 0.05) is 31.3 Å². The molecule has 0 saturated carbocycles. The van der Waals surface area contributed by atoms with Gasteiger partial charge in [0.05, 0.1) is 24.9 Å². The average molecular weight is 400 g/mol. The Morgan fingerprint density at radius 3 is 3.00 bits per heavy atom. The first-order valence-electron chi connectivity index (χ1n) is 10.2. The van der Waals surface area contributed by atoms with E-state index in [2.05, 4.69) is 15.3 Å². The number of hydrogen-bond acceptors (Lipinski definition) is 5. The number of hydrogen-bond donors (Lipinski definition) is 1. The molecule has 0 radical (unpaired) electrons. The fourth-order valence-electron chi connectivity index (χ4n) is 4.37. The zero-order valence-electron chi connectivity index (χ0n) is 16.4. The Morgan fingerprint density at radius 2 is 2.17 bits per heavy atom. The molecule has 1 N–H and O–H groups in total. The van der Waals surface area contributed by atoms with Gasteiger partial charge in [0.1, 0.15) is 12.4 Å². The molecule has 4 heterocycles. The van der Waals surface area contributed by atoms with Crippen LogP contribution in [0.15, 0.2) is 24.3 Å². The van der Waals surface area contributed by atoms with Crippen LogP contribution in [0.3, 0.4) is 0 Å². The summed E-state index contributed by atoms with van der Waals surface area (Å²) >= 11 is 0. The summed E-state index contributed by atoms with van der Waals surface area (Å²) in [5.41, 5.74) is 2.78. The highest BCUT2D eigenvalue weighted by atomic mass is 19.1. The van der Waals surface area contributed by atoms with Crippen LogP contribution in [0.4, 0.5) is 4.39 Å². The van der Waals surface area contributed by atoms with Gasteiger partial charge in [-0.25, -0.2) is 4.39 Å². The van der Waals surface area contributed by atoms with Gasteiger partial charge in [-0.2, -0.15) is 5.10 Å². The maximum Gasteiger partial charge on any atom is 0.272 e. The minimum absolute atomic E-state index is 0.103. The molecular formula is C21H25FN4O3. The van der Waals surface area contributed by atoms with Crippen LogP contribution < -0.4 is 10.1 Å². The van der Waals surface area contributed by atoms with Gasteiger partial charge in [-0.15, -0.1) is 0 Å². The number of halogens is 1. The lowest BCUT2D eigenvalue weighted by Crippen LogP contribution is -2.44. The molecule has 3 atom stereocenters. The first-order chi connectivity index (χ1) is 14.1. The molecule has 3 aliphatic heterocycles. The lowest BCUT2D eigenvalue weighted by atomic mass is 9.98. The molecule has 3 unspecified atom stereocenters. The Hall–Kier alpha value is -2.45. The van der Waals surface area contributed by atoms with Gasteiger partial charge in [-0.3, -0.25) is 14.4 Å². The van der Waals surface area contributed by atoms with Crippen molar-refractivity contribution in [3.63, 3.8) is 0 Å². The van der Waals surface area contributed by atoms with Crippen molar-refractivity contribution in [1.82, 2.24) is 20.0 Å². The van der Waals surface area contributed by atoms with Gasteiger partial charge in [0.25, 0.3) is 5.91 Å². The SMILES string of the molecule is Cc1ccc2c(c1)C(F)C(NC(=O)c1cc3n(n1)CCN(C1CCOC1)C3)CO2. The predicted molar refractivity (Wildman–Crippen MR) is 104 cm³/mol. The smallest absolute Gasteiger partial charge is 0.272 e. The molecule has 0 aliphatic carbocycles. The number of ether oxygens (including phenoxy) is 2. The van der Waals surface area contributed by atoms with E-state index in [0.717, 1.165) is 50.5 Å². The van der Waals surface area contributed by atoms with Gasteiger partial charge < -0.3 is 14.8 Å². The third-order valence-corrected chi connectivity index (χ3v) is 6.03. The van der Waals surface area contributed by atoms with Crippen molar-refractivity contribution in [2.45, 2.75) is 44.7 Å². The molecule has 154 valence electrons. The van der Waals surface area contributed by atoms with Crippen LogP contribution in [-0.2, 0) is 17.8 Å². The van der Waals surface area contributed by atoms with Crippen molar-refractivity contribution in [3.05, 3.63) is 46.8 Å². The molecule has 0 bridgehead atoms.